The molecule has 14 heteroatoms. The summed E-state index contributed by atoms with van der Waals surface area (Å²) < 4.78 is 105. The minimum atomic E-state index is -4.60. The van der Waals surface area contributed by atoms with Crippen LogP contribution in [0.3, 0.4) is 0 Å². The Labute approximate surface area is 252 Å². The number of rotatable bonds is 7. The summed E-state index contributed by atoms with van der Waals surface area (Å²) in [6.45, 7) is 3.41. The molecule has 0 fully saturated rings. The molecule has 1 N–H and O–H groups in total. The van der Waals surface area contributed by atoms with Gasteiger partial charge in [0, 0.05) is 23.3 Å². The zero-order valence-electron chi connectivity index (χ0n) is 24.2. The quantitative estimate of drug-likeness (QED) is 0.177. The van der Waals surface area contributed by atoms with E-state index in [4.69, 9.17) is 18.5 Å². The van der Waals surface area contributed by atoms with Crippen LogP contribution in [0.4, 0.5) is 26.3 Å². The van der Waals surface area contributed by atoms with E-state index >= 15 is 0 Å². The van der Waals surface area contributed by atoms with Gasteiger partial charge in [0.1, 0.15) is 6.61 Å². The number of halogens is 6. The first kappa shape index (κ1) is 32.8. The molecule has 2 heterocycles. The first-order valence-electron chi connectivity index (χ1n) is 13.0. The van der Waals surface area contributed by atoms with Crippen molar-refractivity contribution >= 4 is 0 Å². The number of hydrogen-bond donors (Lipinski definition) is 1. The molecule has 45 heavy (non-hydrogen) atoms. The van der Waals surface area contributed by atoms with Gasteiger partial charge >= 0.3 is 12.4 Å². The lowest BCUT2D eigenvalue weighted by Gasteiger charge is -2.17. The van der Waals surface area contributed by atoms with E-state index in [1.807, 2.05) is 30.3 Å². The number of aromatic hydroxyl groups is 1. The van der Waals surface area contributed by atoms with E-state index in [0.717, 1.165) is 23.8 Å². The van der Waals surface area contributed by atoms with Crippen molar-refractivity contribution in [1.82, 2.24) is 10.3 Å². The lowest BCUT2D eigenvalue weighted by atomic mass is 10.0. The summed E-state index contributed by atoms with van der Waals surface area (Å²) in [5.41, 5.74) is -0.468. The number of phenols is 1. The number of benzene rings is 3. The number of methoxy groups -OCH3 is 2. The van der Waals surface area contributed by atoms with Crippen LogP contribution in [-0.4, -0.2) is 29.6 Å². The molecule has 8 nitrogen and oxygen atoms in total. The number of aryl methyl sites for hydroxylation is 2. The van der Waals surface area contributed by atoms with E-state index in [2.05, 4.69) is 15.1 Å². The van der Waals surface area contributed by atoms with Gasteiger partial charge in [-0.2, -0.15) is 26.3 Å². The monoisotopic (exact) mass is 636 g/mol. The highest BCUT2D eigenvalue weighted by molar-refractivity contribution is 5.69. The Hall–Kier alpha value is -5.14. The van der Waals surface area contributed by atoms with Crippen molar-refractivity contribution in [3.05, 3.63) is 94.8 Å². The van der Waals surface area contributed by atoms with Crippen LogP contribution in [0.1, 0.15) is 28.1 Å². The normalized spacial score (nSPS) is 11.5. The van der Waals surface area contributed by atoms with Gasteiger partial charge in [0.05, 0.1) is 36.7 Å². The van der Waals surface area contributed by atoms with E-state index < -0.39 is 29.2 Å². The van der Waals surface area contributed by atoms with Crippen LogP contribution in [0, 0.1) is 13.8 Å². The Morgan fingerprint density at radius 1 is 0.667 bits per heavy atom. The van der Waals surface area contributed by atoms with Crippen molar-refractivity contribution in [1.29, 1.82) is 0 Å². The molecule has 0 saturated carbocycles. The lowest BCUT2D eigenvalue weighted by molar-refractivity contribution is -0.138. The molecule has 2 aromatic heterocycles. The summed E-state index contributed by atoms with van der Waals surface area (Å²) >= 11 is 0. The molecule has 5 rings (SSSR count). The van der Waals surface area contributed by atoms with Gasteiger partial charge in [0.15, 0.2) is 34.5 Å². The maximum absolute atomic E-state index is 13.5. The van der Waals surface area contributed by atoms with Crippen molar-refractivity contribution in [3.8, 4) is 45.6 Å². The van der Waals surface area contributed by atoms with Gasteiger partial charge in [0.25, 0.3) is 0 Å². The zero-order chi connectivity index (χ0) is 32.9. The molecule has 0 atom stereocenters. The van der Waals surface area contributed by atoms with Crippen molar-refractivity contribution in [2.45, 2.75) is 32.8 Å². The summed E-state index contributed by atoms with van der Waals surface area (Å²) in [4.78, 5) is 0. The lowest BCUT2D eigenvalue weighted by Crippen LogP contribution is -2.08. The van der Waals surface area contributed by atoms with Gasteiger partial charge < -0.3 is 28.4 Å². The third-order valence-corrected chi connectivity index (χ3v) is 6.26. The van der Waals surface area contributed by atoms with E-state index in [-0.39, 0.29) is 46.5 Å². The molecule has 0 radical (unpaired) electrons. The molecule has 0 aliphatic rings. The predicted octanol–water partition coefficient (Wildman–Crippen LogP) is 8.64. The fraction of sp³-hybridized carbons (Fsp3) is 0.226. The van der Waals surface area contributed by atoms with Crippen LogP contribution in [-0.2, 0) is 19.0 Å². The second kappa shape index (κ2) is 13.2. The number of alkyl halides is 6. The van der Waals surface area contributed by atoms with Crippen LogP contribution in [0.15, 0.2) is 75.8 Å². The number of phenolic OH excluding ortho intramolecular Hbond substituents is 1. The minimum absolute atomic E-state index is 0.00626. The van der Waals surface area contributed by atoms with Gasteiger partial charge in [-0.25, -0.2) is 0 Å². The fourth-order valence-electron chi connectivity index (χ4n) is 4.16. The summed E-state index contributed by atoms with van der Waals surface area (Å²) in [6.07, 6.45) is -9.18. The Morgan fingerprint density at radius 2 is 1.16 bits per heavy atom. The van der Waals surface area contributed by atoms with Gasteiger partial charge in [0.2, 0.25) is 0 Å². The summed E-state index contributed by atoms with van der Waals surface area (Å²) in [5, 5.41) is 16.8. The van der Waals surface area contributed by atoms with Crippen molar-refractivity contribution in [2.75, 3.05) is 14.2 Å². The van der Waals surface area contributed by atoms with Crippen LogP contribution < -0.4 is 14.2 Å². The molecular formula is C31H26F6N2O6. The number of nitrogens with zero attached hydrogens (tertiary/aromatic N) is 2. The van der Waals surface area contributed by atoms with Crippen molar-refractivity contribution in [2.24, 2.45) is 0 Å². The second-order valence-corrected chi connectivity index (χ2v) is 9.55. The van der Waals surface area contributed by atoms with Gasteiger partial charge in [-0.3, -0.25) is 0 Å². The van der Waals surface area contributed by atoms with Gasteiger partial charge in [-0.15, -0.1) is 0 Å². The summed E-state index contributed by atoms with van der Waals surface area (Å²) in [6, 6.07) is 15.9. The molecule has 238 valence electrons. The molecule has 0 aliphatic heterocycles. The SMILES string of the molecule is COc1cc(C(F)(F)F)c(-c2cc(C)no2)cc1O.COc1cc(C(F)(F)F)c(-c2cc(C)no2)cc1OCc1ccccc1. The summed E-state index contributed by atoms with van der Waals surface area (Å²) in [5.74, 6) is -0.529. The van der Waals surface area contributed by atoms with Gasteiger partial charge in [-0.1, -0.05) is 40.6 Å². The minimum Gasteiger partial charge on any atom is -0.504 e. The second-order valence-electron chi connectivity index (χ2n) is 9.55. The smallest absolute Gasteiger partial charge is 0.417 e. The maximum Gasteiger partial charge on any atom is 0.417 e. The van der Waals surface area contributed by atoms with Crippen LogP contribution in [0.5, 0.6) is 23.0 Å². The number of hydrogen-bond acceptors (Lipinski definition) is 8. The predicted molar refractivity (Wildman–Crippen MR) is 149 cm³/mol. The van der Waals surface area contributed by atoms with Crippen LogP contribution >= 0.6 is 0 Å². The third kappa shape index (κ3) is 7.88. The number of ether oxygens (including phenoxy) is 3. The topological polar surface area (TPSA) is 100.0 Å². The maximum atomic E-state index is 13.5. The molecule has 0 unspecified atom stereocenters. The molecule has 5 aromatic rings. The fourth-order valence-corrected chi connectivity index (χ4v) is 4.16. The third-order valence-electron chi connectivity index (χ3n) is 6.26. The number of aromatic nitrogens is 2. The Bertz CT molecular complexity index is 1750. The summed E-state index contributed by atoms with van der Waals surface area (Å²) in [7, 11) is 2.47. The zero-order valence-corrected chi connectivity index (χ0v) is 24.2. The van der Waals surface area contributed by atoms with E-state index in [0.29, 0.717) is 11.4 Å². The van der Waals surface area contributed by atoms with E-state index in [9.17, 15) is 31.4 Å². The van der Waals surface area contributed by atoms with Crippen LogP contribution in [0.25, 0.3) is 22.6 Å². The molecule has 3 aromatic carbocycles. The molecule has 0 bridgehead atoms. The highest BCUT2D eigenvalue weighted by Gasteiger charge is 2.37. The first-order valence-corrected chi connectivity index (χ1v) is 13.0. The highest BCUT2D eigenvalue weighted by Crippen LogP contribution is 2.44. The first-order chi connectivity index (χ1) is 21.2. The molecule has 0 amide bonds. The Balaban J connectivity index is 0.000000215. The highest BCUT2D eigenvalue weighted by atomic mass is 19.4. The van der Waals surface area contributed by atoms with Crippen LogP contribution in [0.2, 0.25) is 0 Å². The molecule has 0 aliphatic carbocycles. The average Bonchev–Trinajstić information content (AvgIpc) is 3.63. The molecular weight excluding hydrogens is 610 g/mol. The van der Waals surface area contributed by atoms with Gasteiger partial charge in [-0.05, 0) is 43.7 Å². The average molecular weight is 637 g/mol. The van der Waals surface area contributed by atoms with E-state index in [1.54, 1.807) is 13.8 Å². The van der Waals surface area contributed by atoms with E-state index in [1.165, 1.54) is 32.4 Å². The van der Waals surface area contributed by atoms with Crippen molar-refractivity contribution in [3.63, 3.8) is 0 Å². The van der Waals surface area contributed by atoms with Crippen molar-refractivity contribution < 1.29 is 54.7 Å². The Morgan fingerprint density at radius 3 is 1.60 bits per heavy atom. The molecule has 0 spiro atoms. The Kier molecular flexibility index (Phi) is 9.64. The largest absolute Gasteiger partial charge is 0.504 e. The molecule has 0 saturated heterocycles. The standard InChI is InChI=1S/C19H16F3NO3.C12H10F3NO3/c1-12-8-16(26-23-12)14-9-18(25-11-13-6-4-3-5-7-13)17(24-2)10-15(14)19(20,21)22;1-6-3-10(19-16-6)7-4-9(17)11(18-2)5-8(7)12(13,14)15/h3-10H,11H2,1-2H3;3-5,17H,1-2H3.